The van der Waals surface area contributed by atoms with Crippen LogP contribution in [0.2, 0.25) is 0 Å². The van der Waals surface area contributed by atoms with Crippen LogP contribution in [0.25, 0.3) is 22.7 Å². The first-order valence-electron chi connectivity index (χ1n) is 8.18. The SMILES string of the molecule is FC(F)(F)c1ccc(-c2nc(Cn3cnc(-c4ccccc4)c3)co2)cc1. The highest BCUT2D eigenvalue weighted by atomic mass is 19.4. The van der Waals surface area contributed by atoms with E-state index in [1.165, 1.54) is 18.4 Å². The van der Waals surface area contributed by atoms with E-state index in [9.17, 15) is 13.2 Å². The summed E-state index contributed by atoms with van der Waals surface area (Å²) >= 11 is 0. The molecule has 0 aliphatic carbocycles. The molecule has 136 valence electrons. The number of benzene rings is 2. The number of oxazole rings is 1. The highest BCUT2D eigenvalue weighted by Gasteiger charge is 2.30. The number of imidazole rings is 1. The zero-order valence-corrected chi connectivity index (χ0v) is 14.0. The van der Waals surface area contributed by atoms with Gasteiger partial charge in [0.2, 0.25) is 5.89 Å². The molecule has 2 aromatic carbocycles. The quantitative estimate of drug-likeness (QED) is 0.492. The molecule has 0 unspecified atom stereocenters. The lowest BCUT2D eigenvalue weighted by atomic mass is 10.1. The standard InChI is InChI=1S/C20H14F3N3O/c21-20(22,23)16-8-6-15(7-9-16)19-25-17(12-27-19)10-26-11-18(24-13-26)14-4-2-1-3-5-14/h1-9,11-13H,10H2. The first-order valence-corrected chi connectivity index (χ1v) is 8.18. The van der Waals surface area contributed by atoms with Gasteiger partial charge in [0, 0.05) is 17.3 Å². The molecule has 0 radical (unpaired) electrons. The van der Waals surface area contributed by atoms with Gasteiger partial charge < -0.3 is 8.98 Å². The molecule has 4 rings (SSSR count). The van der Waals surface area contributed by atoms with Gasteiger partial charge in [-0.2, -0.15) is 13.2 Å². The molecule has 0 saturated heterocycles. The summed E-state index contributed by atoms with van der Waals surface area (Å²) in [5, 5.41) is 0. The van der Waals surface area contributed by atoms with Crippen molar-refractivity contribution in [1.82, 2.24) is 14.5 Å². The summed E-state index contributed by atoms with van der Waals surface area (Å²) in [6.07, 6.45) is 0.740. The molecule has 0 saturated carbocycles. The van der Waals surface area contributed by atoms with E-state index in [4.69, 9.17) is 4.42 Å². The molecule has 4 nitrogen and oxygen atoms in total. The number of rotatable bonds is 4. The van der Waals surface area contributed by atoms with Crippen LogP contribution in [-0.2, 0) is 12.7 Å². The number of halogens is 3. The Balaban J connectivity index is 1.49. The maximum atomic E-state index is 12.6. The maximum Gasteiger partial charge on any atom is 0.416 e. The van der Waals surface area contributed by atoms with E-state index < -0.39 is 11.7 Å². The second-order valence-corrected chi connectivity index (χ2v) is 6.02. The molecular weight excluding hydrogens is 355 g/mol. The third kappa shape index (κ3) is 3.76. The van der Waals surface area contributed by atoms with Crippen LogP contribution in [0.15, 0.2) is 77.8 Å². The Bertz CT molecular complexity index is 1030. The molecule has 0 aliphatic heterocycles. The van der Waals surface area contributed by atoms with Gasteiger partial charge in [-0.1, -0.05) is 30.3 Å². The Morgan fingerprint density at radius 1 is 0.926 bits per heavy atom. The Morgan fingerprint density at radius 3 is 2.37 bits per heavy atom. The van der Waals surface area contributed by atoms with Gasteiger partial charge in [0.25, 0.3) is 0 Å². The Kier molecular flexibility index (Phi) is 4.27. The van der Waals surface area contributed by atoms with Gasteiger partial charge in [0.1, 0.15) is 6.26 Å². The lowest BCUT2D eigenvalue weighted by Gasteiger charge is -2.06. The fourth-order valence-electron chi connectivity index (χ4n) is 2.71. The molecule has 0 fully saturated rings. The molecule has 0 N–H and O–H groups in total. The predicted octanol–water partition coefficient (Wildman–Crippen LogP) is 5.27. The summed E-state index contributed by atoms with van der Waals surface area (Å²) in [6.45, 7) is 0.448. The zero-order valence-electron chi connectivity index (χ0n) is 14.0. The number of aromatic nitrogens is 3. The largest absolute Gasteiger partial charge is 0.444 e. The fraction of sp³-hybridized carbons (Fsp3) is 0.100. The molecule has 2 heterocycles. The van der Waals surface area contributed by atoms with Gasteiger partial charge in [-0.05, 0) is 24.3 Å². The molecule has 0 amide bonds. The van der Waals surface area contributed by atoms with Crippen molar-refractivity contribution in [2.75, 3.05) is 0 Å². The molecular formula is C20H14F3N3O. The van der Waals surface area contributed by atoms with Crippen molar-refractivity contribution in [1.29, 1.82) is 0 Å². The third-order valence-electron chi connectivity index (χ3n) is 4.06. The van der Waals surface area contributed by atoms with Crippen molar-refractivity contribution in [3.05, 3.63) is 84.6 Å². The van der Waals surface area contributed by atoms with Crippen LogP contribution in [0.4, 0.5) is 13.2 Å². The highest BCUT2D eigenvalue weighted by molar-refractivity contribution is 5.57. The van der Waals surface area contributed by atoms with Gasteiger partial charge in [-0.15, -0.1) is 0 Å². The molecule has 0 aliphatic rings. The van der Waals surface area contributed by atoms with Crippen molar-refractivity contribution in [3.63, 3.8) is 0 Å². The third-order valence-corrected chi connectivity index (χ3v) is 4.06. The minimum absolute atomic E-state index is 0.280. The highest BCUT2D eigenvalue weighted by Crippen LogP contribution is 2.30. The normalized spacial score (nSPS) is 11.7. The molecule has 7 heteroatoms. The van der Waals surface area contributed by atoms with Gasteiger partial charge >= 0.3 is 6.18 Å². The molecule has 4 aromatic rings. The van der Waals surface area contributed by atoms with Crippen LogP contribution in [0.3, 0.4) is 0 Å². The molecule has 2 aromatic heterocycles. The number of nitrogens with zero attached hydrogens (tertiary/aromatic N) is 3. The van der Waals surface area contributed by atoms with Gasteiger partial charge in [0.05, 0.1) is 29.8 Å². The lowest BCUT2D eigenvalue weighted by Crippen LogP contribution is -2.04. The van der Waals surface area contributed by atoms with Crippen molar-refractivity contribution in [2.24, 2.45) is 0 Å². The van der Waals surface area contributed by atoms with E-state index in [1.54, 1.807) is 6.33 Å². The van der Waals surface area contributed by atoms with Gasteiger partial charge in [-0.25, -0.2) is 9.97 Å². The summed E-state index contributed by atoms with van der Waals surface area (Å²) in [5.41, 5.74) is 2.31. The van der Waals surface area contributed by atoms with E-state index >= 15 is 0 Å². The van der Waals surface area contributed by atoms with Gasteiger partial charge in [-0.3, -0.25) is 0 Å². The first kappa shape index (κ1) is 17.1. The van der Waals surface area contributed by atoms with Crippen LogP contribution >= 0.6 is 0 Å². The molecule has 0 bridgehead atoms. The fourth-order valence-corrected chi connectivity index (χ4v) is 2.71. The van der Waals surface area contributed by atoms with E-state index in [1.807, 2.05) is 41.1 Å². The number of alkyl halides is 3. The predicted molar refractivity (Wildman–Crippen MR) is 93.7 cm³/mol. The lowest BCUT2D eigenvalue weighted by molar-refractivity contribution is -0.137. The van der Waals surface area contributed by atoms with E-state index in [2.05, 4.69) is 9.97 Å². The Hall–Kier alpha value is -3.35. The monoisotopic (exact) mass is 369 g/mol. The summed E-state index contributed by atoms with van der Waals surface area (Å²) in [7, 11) is 0. The molecule has 0 spiro atoms. The van der Waals surface area contributed by atoms with Crippen LogP contribution in [0.5, 0.6) is 0 Å². The second kappa shape index (κ2) is 6.75. The Labute approximate surface area is 152 Å². The van der Waals surface area contributed by atoms with Crippen molar-refractivity contribution < 1.29 is 17.6 Å². The summed E-state index contributed by atoms with van der Waals surface area (Å²) < 4.78 is 45.2. The summed E-state index contributed by atoms with van der Waals surface area (Å²) in [6, 6.07) is 14.5. The zero-order chi connectivity index (χ0) is 18.9. The minimum atomic E-state index is -4.36. The molecule has 0 atom stereocenters. The van der Waals surface area contributed by atoms with Crippen LogP contribution in [-0.4, -0.2) is 14.5 Å². The van der Waals surface area contributed by atoms with Crippen molar-refractivity contribution in [3.8, 4) is 22.7 Å². The maximum absolute atomic E-state index is 12.6. The van der Waals surface area contributed by atoms with E-state index in [0.717, 1.165) is 23.4 Å². The average Bonchev–Trinajstić information content (AvgIpc) is 3.32. The summed E-state index contributed by atoms with van der Waals surface area (Å²) in [4.78, 5) is 8.73. The first-order chi connectivity index (χ1) is 13.0. The van der Waals surface area contributed by atoms with Crippen molar-refractivity contribution >= 4 is 0 Å². The second-order valence-electron chi connectivity index (χ2n) is 6.02. The van der Waals surface area contributed by atoms with E-state index in [-0.39, 0.29) is 5.89 Å². The van der Waals surface area contributed by atoms with Crippen LogP contribution in [0.1, 0.15) is 11.3 Å². The Morgan fingerprint density at radius 2 is 1.67 bits per heavy atom. The van der Waals surface area contributed by atoms with E-state index in [0.29, 0.717) is 17.8 Å². The van der Waals surface area contributed by atoms with Crippen molar-refractivity contribution in [2.45, 2.75) is 12.7 Å². The number of hydrogen-bond donors (Lipinski definition) is 0. The minimum Gasteiger partial charge on any atom is -0.444 e. The topological polar surface area (TPSA) is 43.9 Å². The smallest absolute Gasteiger partial charge is 0.416 e. The van der Waals surface area contributed by atoms with Crippen LogP contribution in [0, 0.1) is 0 Å². The van der Waals surface area contributed by atoms with Gasteiger partial charge in [0.15, 0.2) is 0 Å². The average molecular weight is 369 g/mol. The van der Waals surface area contributed by atoms with Crippen LogP contribution < -0.4 is 0 Å². The molecule has 27 heavy (non-hydrogen) atoms. The summed E-state index contributed by atoms with van der Waals surface area (Å²) in [5.74, 6) is 0.280. The number of hydrogen-bond acceptors (Lipinski definition) is 3.